The van der Waals surface area contributed by atoms with E-state index in [1.54, 1.807) is 0 Å². The molecule has 0 spiro atoms. The van der Waals surface area contributed by atoms with Crippen LogP contribution in [-0.2, 0) is 0 Å². The summed E-state index contributed by atoms with van der Waals surface area (Å²) in [5, 5.41) is 9.31. The summed E-state index contributed by atoms with van der Waals surface area (Å²) in [6.45, 7) is 2.00. The van der Waals surface area contributed by atoms with Gasteiger partial charge >= 0.3 is 0 Å². The van der Waals surface area contributed by atoms with Crippen LogP contribution in [0.1, 0.15) is 11.1 Å². The van der Waals surface area contributed by atoms with Crippen molar-refractivity contribution in [1.29, 1.82) is 5.26 Å². The number of aromatic nitrogens is 1. The molecule has 0 atom stereocenters. The van der Waals surface area contributed by atoms with Crippen molar-refractivity contribution in [2.24, 2.45) is 0 Å². The highest BCUT2D eigenvalue weighted by atomic mass is 79.9. The van der Waals surface area contributed by atoms with Crippen LogP contribution in [0.2, 0.25) is 0 Å². The van der Waals surface area contributed by atoms with E-state index in [9.17, 15) is 10.1 Å². The van der Waals surface area contributed by atoms with Gasteiger partial charge in [-0.3, -0.25) is 4.79 Å². The molecular formula is C17H11BrN2OS. The monoisotopic (exact) mass is 370 g/mol. The molecule has 0 saturated carbocycles. The first kappa shape index (κ1) is 14.8. The second kappa shape index (κ2) is 5.91. The van der Waals surface area contributed by atoms with Gasteiger partial charge in [0.1, 0.15) is 11.6 Å². The van der Waals surface area contributed by atoms with Crippen molar-refractivity contribution < 1.29 is 0 Å². The molecule has 0 bridgehead atoms. The first-order valence-corrected chi connectivity index (χ1v) is 8.19. The molecule has 0 fully saturated rings. The van der Waals surface area contributed by atoms with Crippen LogP contribution in [0.15, 0.2) is 51.0 Å². The van der Waals surface area contributed by atoms with Gasteiger partial charge in [0.05, 0.1) is 14.4 Å². The van der Waals surface area contributed by atoms with Crippen LogP contribution in [0.4, 0.5) is 0 Å². The molecule has 2 heterocycles. The zero-order valence-corrected chi connectivity index (χ0v) is 14.1. The highest BCUT2D eigenvalue weighted by Crippen LogP contribution is 2.32. The normalized spacial score (nSPS) is 10.4. The Balaban J connectivity index is 2.24. The third kappa shape index (κ3) is 2.76. The molecule has 0 saturated heterocycles. The number of thiophene rings is 1. The minimum Gasteiger partial charge on any atom is -0.320 e. The molecule has 3 rings (SSSR count). The van der Waals surface area contributed by atoms with E-state index in [-0.39, 0.29) is 11.1 Å². The summed E-state index contributed by atoms with van der Waals surface area (Å²) in [6.07, 6.45) is 0. The van der Waals surface area contributed by atoms with Crippen molar-refractivity contribution in [3.8, 4) is 27.8 Å². The summed E-state index contributed by atoms with van der Waals surface area (Å²) < 4.78 is 0.990. The zero-order chi connectivity index (χ0) is 15.7. The number of hydrogen-bond acceptors (Lipinski definition) is 3. The van der Waals surface area contributed by atoms with Crippen molar-refractivity contribution in [1.82, 2.24) is 4.98 Å². The van der Waals surface area contributed by atoms with Crippen molar-refractivity contribution in [3.05, 3.63) is 67.7 Å². The Bertz CT molecular complexity index is 933. The predicted octanol–water partition coefficient (Wildman–Crippen LogP) is 4.71. The third-order valence-corrected chi connectivity index (χ3v) is 5.00. The fraction of sp³-hybridized carbons (Fsp3) is 0.0588. The number of H-pyrrole nitrogens is 1. The number of halogens is 1. The number of nitrogens with one attached hydrogen (secondary N) is 1. The van der Waals surface area contributed by atoms with Crippen molar-refractivity contribution in [3.63, 3.8) is 0 Å². The number of aromatic amines is 1. The summed E-state index contributed by atoms with van der Waals surface area (Å²) in [5.41, 5.74) is 3.16. The molecule has 2 aromatic heterocycles. The zero-order valence-electron chi connectivity index (χ0n) is 11.7. The van der Waals surface area contributed by atoms with E-state index in [0.29, 0.717) is 5.56 Å². The lowest BCUT2D eigenvalue weighted by Gasteiger charge is -2.07. The number of benzene rings is 1. The lowest BCUT2D eigenvalue weighted by molar-refractivity contribution is 1.22. The van der Waals surface area contributed by atoms with E-state index in [4.69, 9.17) is 0 Å². The molecule has 5 heteroatoms. The smallest absolute Gasteiger partial charge is 0.266 e. The van der Waals surface area contributed by atoms with Gasteiger partial charge in [-0.1, -0.05) is 29.8 Å². The van der Waals surface area contributed by atoms with Crippen molar-refractivity contribution in [2.75, 3.05) is 0 Å². The van der Waals surface area contributed by atoms with E-state index in [2.05, 4.69) is 20.9 Å². The van der Waals surface area contributed by atoms with Gasteiger partial charge in [-0.25, -0.2) is 0 Å². The standard InChI is InChI=1S/C17H11BrN2OS/c1-10-2-4-11(5-3-10)12-8-14(15-6-7-16(18)22-15)20-17(21)13(12)9-19/h2-8H,1H3,(H,20,21). The molecule has 3 nitrogen and oxygen atoms in total. The van der Waals surface area contributed by atoms with Crippen LogP contribution in [0.3, 0.4) is 0 Å². The quantitative estimate of drug-likeness (QED) is 0.709. The van der Waals surface area contributed by atoms with Gasteiger partial charge in [0.25, 0.3) is 5.56 Å². The molecule has 0 radical (unpaired) electrons. The third-order valence-electron chi connectivity index (χ3n) is 3.35. The minimum absolute atomic E-state index is 0.142. The fourth-order valence-corrected chi connectivity index (χ4v) is 3.58. The van der Waals surface area contributed by atoms with Gasteiger partial charge in [-0.2, -0.15) is 5.26 Å². The van der Waals surface area contributed by atoms with Gasteiger partial charge in [-0.15, -0.1) is 11.3 Å². The lowest BCUT2D eigenvalue weighted by Crippen LogP contribution is -2.12. The van der Waals surface area contributed by atoms with Crippen molar-refractivity contribution in [2.45, 2.75) is 6.92 Å². The molecule has 0 aliphatic rings. The molecule has 1 N–H and O–H groups in total. The van der Waals surface area contributed by atoms with Crippen LogP contribution < -0.4 is 5.56 Å². The molecule has 0 aliphatic heterocycles. The predicted molar refractivity (Wildman–Crippen MR) is 93.0 cm³/mol. The molecule has 0 aliphatic carbocycles. The van der Waals surface area contributed by atoms with Crippen LogP contribution in [-0.4, -0.2) is 4.98 Å². The Morgan fingerprint density at radius 3 is 2.50 bits per heavy atom. The molecule has 1 aromatic carbocycles. The minimum atomic E-state index is -0.361. The summed E-state index contributed by atoms with van der Waals surface area (Å²) in [6, 6.07) is 15.5. The summed E-state index contributed by atoms with van der Waals surface area (Å²) in [7, 11) is 0. The van der Waals surface area contributed by atoms with Gasteiger partial charge in [-0.05, 0) is 46.6 Å². The first-order chi connectivity index (χ1) is 10.6. The highest BCUT2D eigenvalue weighted by molar-refractivity contribution is 9.11. The second-order valence-corrected chi connectivity index (χ2v) is 7.35. The summed E-state index contributed by atoms with van der Waals surface area (Å²) in [5.74, 6) is 0. The number of nitrogens with zero attached hydrogens (tertiary/aromatic N) is 1. The Morgan fingerprint density at radius 1 is 1.18 bits per heavy atom. The largest absolute Gasteiger partial charge is 0.320 e. The molecule has 3 aromatic rings. The first-order valence-electron chi connectivity index (χ1n) is 6.58. The van der Waals surface area contributed by atoms with Crippen LogP contribution in [0.5, 0.6) is 0 Å². The molecule has 0 amide bonds. The maximum absolute atomic E-state index is 12.2. The SMILES string of the molecule is Cc1ccc(-c2cc(-c3ccc(Br)s3)[nH]c(=O)c2C#N)cc1. The number of hydrogen-bond donors (Lipinski definition) is 1. The highest BCUT2D eigenvalue weighted by Gasteiger charge is 2.13. The van der Waals surface area contributed by atoms with E-state index >= 15 is 0 Å². The summed E-state index contributed by atoms with van der Waals surface area (Å²) in [4.78, 5) is 16.0. The van der Waals surface area contributed by atoms with E-state index in [1.807, 2.05) is 55.5 Å². The Hall–Kier alpha value is -2.16. The number of rotatable bonds is 2. The van der Waals surface area contributed by atoms with Gasteiger partial charge in [0, 0.05) is 5.56 Å². The van der Waals surface area contributed by atoms with E-state index < -0.39 is 0 Å². The number of aryl methyl sites for hydroxylation is 1. The Morgan fingerprint density at radius 2 is 1.91 bits per heavy atom. The Labute approximate surface area is 140 Å². The van der Waals surface area contributed by atoms with E-state index in [0.717, 1.165) is 25.5 Å². The average Bonchev–Trinajstić information content (AvgIpc) is 2.94. The molecule has 0 unspecified atom stereocenters. The van der Waals surface area contributed by atoms with Gasteiger partial charge < -0.3 is 4.98 Å². The maximum atomic E-state index is 12.2. The fourth-order valence-electron chi connectivity index (χ4n) is 2.22. The average molecular weight is 371 g/mol. The Kier molecular flexibility index (Phi) is 3.97. The van der Waals surface area contributed by atoms with Gasteiger partial charge in [0.2, 0.25) is 0 Å². The van der Waals surface area contributed by atoms with Crippen LogP contribution in [0, 0.1) is 18.3 Å². The number of nitriles is 1. The maximum Gasteiger partial charge on any atom is 0.266 e. The number of pyridine rings is 1. The van der Waals surface area contributed by atoms with Crippen LogP contribution >= 0.6 is 27.3 Å². The van der Waals surface area contributed by atoms with Gasteiger partial charge in [0.15, 0.2) is 0 Å². The molecular weight excluding hydrogens is 360 g/mol. The van der Waals surface area contributed by atoms with E-state index in [1.165, 1.54) is 11.3 Å². The van der Waals surface area contributed by atoms with Crippen molar-refractivity contribution >= 4 is 27.3 Å². The molecule has 22 heavy (non-hydrogen) atoms. The second-order valence-electron chi connectivity index (χ2n) is 4.88. The van der Waals surface area contributed by atoms with Crippen LogP contribution in [0.25, 0.3) is 21.7 Å². The lowest BCUT2D eigenvalue weighted by atomic mass is 10.00. The molecule has 108 valence electrons. The summed E-state index contributed by atoms with van der Waals surface area (Å²) >= 11 is 4.95. The topological polar surface area (TPSA) is 56.6 Å².